The predicted molar refractivity (Wildman–Crippen MR) is 91.6 cm³/mol. The largest absolute Gasteiger partial charge is 0.326 e. The topological polar surface area (TPSA) is 20.3 Å². The molecule has 0 aliphatic carbocycles. The molecule has 0 fully saturated rings. The number of hydrogen-bond acceptors (Lipinski definition) is 3. The van der Waals surface area contributed by atoms with E-state index in [2.05, 4.69) is 0 Å². The zero-order chi connectivity index (χ0) is 16.7. The molecular weight excluding hydrogens is 348 g/mol. The Kier molecular flexibility index (Phi) is 3.94. The average molecular weight is 361 g/mol. The smallest absolute Gasteiger partial charge is 0.254 e. The lowest BCUT2D eigenvalue weighted by atomic mass is 9.97. The van der Waals surface area contributed by atoms with Crippen molar-refractivity contribution in [1.82, 2.24) is 4.90 Å². The highest BCUT2D eigenvalue weighted by Crippen LogP contribution is 2.40. The van der Waals surface area contributed by atoms with Crippen LogP contribution in [0.2, 0.25) is 0 Å². The first-order chi connectivity index (χ1) is 11.6. The van der Waals surface area contributed by atoms with Crippen LogP contribution in [0.15, 0.2) is 47.2 Å². The third-order valence-electron chi connectivity index (χ3n) is 4.15. The molecule has 1 atom stereocenters. The molecule has 3 heterocycles. The molecule has 0 radical (unpaired) electrons. The number of thiophene rings is 2. The van der Waals surface area contributed by atoms with Crippen molar-refractivity contribution in [3.63, 3.8) is 0 Å². The maximum Gasteiger partial charge on any atom is 0.254 e. The molecule has 24 heavy (non-hydrogen) atoms. The SMILES string of the molecule is O=C(c1cc(F)cc(F)c1)N1CCc2sccc2[C@H]1c1cccs1. The van der Waals surface area contributed by atoms with Gasteiger partial charge in [0.25, 0.3) is 5.91 Å². The van der Waals surface area contributed by atoms with E-state index in [4.69, 9.17) is 0 Å². The van der Waals surface area contributed by atoms with Gasteiger partial charge in [-0.2, -0.15) is 0 Å². The highest BCUT2D eigenvalue weighted by atomic mass is 32.1. The van der Waals surface area contributed by atoms with Crippen molar-refractivity contribution in [1.29, 1.82) is 0 Å². The van der Waals surface area contributed by atoms with Crippen LogP contribution in [0.1, 0.15) is 31.7 Å². The fraction of sp³-hybridized carbons (Fsp3) is 0.167. The van der Waals surface area contributed by atoms with Gasteiger partial charge in [-0.15, -0.1) is 22.7 Å². The van der Waals surface area contributed by atoms with E-state index in [1.807, 2.05) is 29.0 Å². The molecule has 122 valence electrons. The van der Waals surface area contributed by atoms with Crippen molar-refractivity contribution in [2.75, 3.05) is 6.54 Å². The molecule has 0 N–H and O–H groups in total. The molecule has 2 nitrogen and oxygen atoms in total. The quantitative estimate of drug-likeness (QED) is 0.637. The Morgan fingerprint density at radius 1 is 1.08 bits per heavy atom. The summed E-state index contributed by atoms with van der Waals surface area (Å²) in [4.78, 5) is 17.0. The van der Waals surface area contributed by atoms with Crippen LogP contribution in [0.5, 0.6) is 0 Å². The van der Waals surface area contributed by atoms with Crippen molar-refractivity contribution in [3.05, 3.63) is 79.7 Å². The maximum atomic E-state index is 13.5. The van der Waals surface area contributed by atoms with Gasteiger partial charge in [-0.25, -0.2) is 8.78 Å². The van der Waals surface area contributed by atoms with E-state index in [-0.39, 0.29) is 17.5 Å². The van der Waals surface area contributed by atoms with Crippen LogP contribution in [0.4, 0.5) is 8.78 Å². The van der Waals surface area contributed by atoms with Crippen molar-refractivity contribution >= 4 is 28.6 Å². The number of carbonyl (C=O) groups is 1. The molecule has 4 rings (SSSR count). The Morgan fingerprint density at radius 2 is 1.88 bits per heavy atom. The average Bonchev–Trinajstić information content (AvgIpc) is 3.23. The number of halogens is 2. The van der Waals surface area contributed by atoms with E-state index in [0.717, 1.165) is 35.1 Å². The Balaban J connectivity index is 1.77. The maximum absolute atomic E-state index is 13.5. The van der Waals surface area contributed by atoms with Gasteiger partial charge in [0.05, 0.1) is 6.04 Å². The highest BCUT2D eigenvalue weighted by Gasteiger charge is 2.34. The van der Waals surface area contributed by atoms with E-state index < -0.39 is 11.6 Å². The third-order valence-corrected chi connectivity index (χ3v) is 6.07. The summed E-state index contributed by atoms with van der Waals surface area (Å²) in [6.07, 6.45) is 0.762. The molecule has 1 amide bonds. The molecule has 3 aromatic rings. The van der Waals surface area contributed by atoms with Crippen molar-refractivity contribution < 1.29 is 13.6 Å². The first-order valence-electron chi connectivity index (χ1n) is 7.50. The molecule has 1 aliphatic heterocycles. The van der Waals surface area contributed by atoms with Crippen molar-refractivity contribution in [3.8, 4) is 0 Å². The van der Waals surface area contributed by atoms with E-state index in [1.54, 1.807) is 27.6 Å². The zero-order valence-electron chi connectivity index (χ0n) is 12.5. The molecule has 2 aromatic heterocycles. The summed E-state index contributed by atoms with van der Waals surface area (Å²) >= 11 is 3.27. The molecule has 0 unspecified atom stereocenters. The monoisotopic (exact) mass is 361 g/mol. The number of fused-ring (bicyclic) bond motifs is 1. The minimum atomic E-state index is -0.737. The summed E-state index contributed by atoms with van der Waals surface area (Å²) in [6.45, 7) is 0.535. The standard InChI is InChI=1S/C18H13F2NOS2/c19-12-8-11(9-13(20)10-12)18(22)21-5-3-15-14(4-7-24-15)17(21)16-2-1-6-23-16/h1-2,4,6-10,17H,3,5H2/t17-/m0/s1. The zero-order valence-corrected chi connectivity index (χ0v) is 14.2. The lowest BCUT2D eigenvalue weighted by molar-refractivity contribution is 0.0697. The van der Waals surface area contributed by atoms with Gasteiger partial charge in [0.2, 0.25) is 0 Å². The van der Waals surface area contributed by atoms with Crippen LogP contribution in [0, 0.1) is 11.6 Å². The van der Waals surface area contributed by atoms with Crippen molar-refractivity contribution in [2.24, 2.45) is 0 Å². The molecule has 1 aromatic carbocycles. The minimum absolute atomic E-state index is 0.0488. The third kappa shape index (κ3) is 2.65. The second-order valence-electron chi connectivity index (χ2n) is 5.62. The van der Waals surface area contributed by atoms with Crippen LogP contribution in [-0.2, 0) is 6.42 Å². The van der Waals surface area contributed by atoms with Gasteiger partial charge in [0, 0.05) is 27.9 Å². The van der Waals surface area contributed by atoms with Crippen LogP contribution in [0.3, 0.4) is 0 Å². The van der Waals surface area contributed by atoms with Crippen LogP contribution >= 0.6 is 22.7 Å². The summed E-state index contributed by atoms with van der Waals surface area (Å²) in [5, 5.41) is 4.00. The fourth-order valence-electron chi connectivity index (χ4n) is 3.13. The van der Waals surface area contributed by atoms with Gasteiger partial charge in [-0.3, -0.25) is 4.79 Å². The predicted octanol–water partition coefficient (Wildman–Crippen LogP) is 4.88. The van der Waals surface area contributed by atoms with E-state index in [1.165, 1.54) is 4.88 Å². The summed E-state index contributed by atoms with van der Waals surface area (Å²) in [6, 6.07) is 8.76. The highest BCUT2D eigenvalue weighted by molar-refractivity contribution is 7.10. The van der Waals surface area contributed by atoms with Gasteiger partial charge in [0.1, 0.15) is 11.6 Å². The number of rotatable bonds is 2. The van der Waals surface area contributed by atoms with Gasteiger partial charge in [-0.05, 0) is 47.0 Å². The second kappa shape index (κ2) is 6.11. The van der Waals surface area contributed by atoms with Crippen molar-refractivity contribution in [2.45, 2.75) is 12.5 Å². The number of nitrogens with zero attached hydrogens (tertiary/aromatic N) is 1. The summed E-state index contributed by atoms with van der Waals surface area (Å²) in [5.41, 5.74) is 1.16. The van der Waals surface area contributed by atoms with Crippen LogP contribution in [0.25, 0.3) is 0 Å². The van der Waals surface area contributed by atoms with E-state index >= 15 is 0 Å². The Morgan fingerprint density at radius 3 is 2.58 bits per heavy atom. The first-order valence-corrected chi connectivity index (χ1v) is 9.26. The molecule has 0 bridgehead atoms. The molecule has 0 saturated heterocycles. The lowest BCUT2D eigenvalue weighted by Gasteiger charge is -2.35. The lowest BCUT2D eigenvalue weighted by Crippen LogP contribution is -2.39. The summed E-state index contributed by atoms with van der Waals surface area (Å²) in [5.74, 6) is -1.82. The van der Waals surface area contributed by atoms with Crippen LogP contribution in [-0.4, -0.2) is 17.4 Å². The molecule has 0 spiro atoms. The second-order valence-corrected chi connectivity index (χ2v) is 7.60. The molecule has 0 saturated carbocycles. The Bertz CT molecular complexity index is 868. The van der Waals surface area contributed by atoms with E-state index in [0.29, 0.717) is 6.54 Å². The molecule has 1 aliphatic rings. The van der Waals surface area contributed by atoms with Gasteiger partial charge in [-0.1, -0.05) is 6.07 Å². The normalized spacial score (nSPS) is 16.9. The van der Waals surface area contributed by atoms with Crippen LogP contribution < -0.4 is 0 Å². The Hall–Kier alpha value is -2.05. The molecular formula is C18H13F2NOS2. The number of benzene rings is 1. The minimum Gasteiger partial charge on any atom is -0.326 e. The van der Waals surface area contributed by atoms with Gasteiger partial charge in [0.15, 0.2) is 0 Å². The van der Waals surface area contributed by atoms with Gasteiger partial charge >= 0.3 is 0 Å². The van der Waals surface area contributed by atoms with E-state index in [9.17, 15) is 13.6 Å². The number of hydrogen-bond donors (Lipinski definition) is 0. The first kappa shape index (κ1) is 15.5. The van der Waals surface area contributed by atoms with Gasteiger partial charge < -0.3 is 4.90 Å². The summed E-state index contributed by atoms with van der Waals surface area (Å²) in [7, 11) is 0. The number of carbonyl (C=O) groups excluding carboxylic acids is 1. The molecule has 6 heteroatoms. The summed E-state index contributed by atoms with van der Waals surface area (Å²) < 4.78 is 27.0. The number of amides is 1. The Labute approximate surface area is 146 Å². The fourth-order valence-corrected chi connectivity index (χ4v) is 4.89.